The van der Waals surface area contributed by atoms with E-state index in [1.54, 1.807) is 54.2 Å². The number of nitrogens with one attached hydrogen (secondary N) is 1. The average molecular weight is 336 g/mol. The molecule has 0 bridgehead atoms. The van der Waals surface area contributed by atoms with Crippen molar-refractivity contribution in [2.75, 3.05) is 5.32 Å². The van der Waals surface area contributed by atoms with E-state index in [4.69, 9.17) is 0 Å². The Hall–Kier alpha value is -3.13. The number of fused-ring (bicyclic) bond motifs is 1. The fourth-order valence-corrected chi connectivity index (χ4v) is 3.14. The summed E-state index contributed by atoms with van der Waals surface area (Å²) in [6.45, 7) is 1.95. The molecule has 118 valence electrons. The lowest BCUT2D eigenvalue weighted by Gasteiger charge is -2.07. The molecule has 1 amide bonds. The van der Waals surface area contributed by atoms with Gasteiger partial charge in [0, 0.05) is 24.0 Å². The van der Waals surface area contributed by atoms with Gasteiger partial charge in [0.25, 0.3) is 11.9 Å². The molecule has 0 fully saturated rings. The van der Waals surface area contributed by atoms with E-state index in [0.29, 0.717) is 17.3 Å². The first-order valence-corrected chi connectivity index (χ1v) is 8.02. The molecular weight excluding hydrogens is 324 g/mol. The molecule has 8 heteroatoms. The van der Waals surface area contributed by atoms with Crippen molar-refractivity contribution in [2.24, 2.45) is 0 Å². The van der Waals surface area contributed by atoms with Crippen molar-refractivity contribution in [3.63, 3.8) is 0 Å². The van der Waals surface area contributed by atoms with Gasteiger partial charge in [-0.3, -0.25) is 4.79 Å². The predicted molar refractivity (Wildman–Crippen MR) is 91.5 cm³/mol. The molecule has 4 aromatic rings. The average Bonchev–Trinajstić information content (AvgIpc) is 3.20. The Bertz CT molecular complexity index is 1020. The number of aryl methyl sites for hydroxylation is 1. The first kappa shape index (κ1) is 14.5. The maximum atomic E-state index is 12.5. The van der Waals surface area contributed by atoms with E-state index in [2.05, 4.69) is 25.4 Å². The van der Waals surface area contributed by atoms with Crippen molar-refractivity contribution in [3.05, 3.63) is 59.5 Å². The van der Waals surface area contributed by atoms with Gasteiger partial charge in [0.2, 0.25) is 0 Å². The van der Waals surface area contributed by atoms with Gasteiger partial charge in [-0.15, -0.1) is 11.3 Å². The van der Waals surface area contributed by atoms with Gasteiger partial charge in [-0.2, -0.15) is 9.78 Å². The van der Waals surface area contributed by atoms with E-state index < -0.39 is 0 Å². The number of hydrogen-bond donors (Lipinski definition) is 1. The van der Waals surface area contributed by atoms with Gasteiger partial charge in [-0.05, 0) is 31.2 Å². The Morgan fingerprint density at radius 2 is 2.00 bits per heavy atom. The lowest BCUT2D eigenvalue weighted by atomic mass is 10.2. The Morgan fingerprint density at radius 3 is 2.83 bits per heavy atom. The van der Waals surface area contributed by atoms with Gasteiger partial charge in [0.1, 0.15) is 5.82 Å². The summed E-state index contributed by atoms with van der Waals surface area (Å²) in [6, 6.07) is 8.89. The Morgan fingerprint density at radius 1 is 1.17 bits per heavy atom. The van der Waals surface area contributed by atoms with Crippen LogP contribution in [0.3, 0.4) is 0 Å². The molecule has 0 aliphatic heterocycles. The van der Waals surface area contributed by atoms with Crippen molar-refractivity contribution in [3.8, 4) is 5.95 Å². The molecular formula is C16H12N6OS. The third-order valence-corrected chi connectivity index (χ3v) is 4.33. The molecule has 1 N–H and O–H groups in total. The first-order valence-electron chi connectivity index (χ1n) is 7.21. The van der Waals surface area contributed by atoms with Crippen LogP contribution < -0.4 is 5.32 Å². The van der Waals surface area contributed by atoms with Crippen LogP contribution in [0, 0.1) is 6.92 Å². The molecule has 0 saturated heterocycles. The van der Waals surface area contributed by atoms with Crippen LogP contribution in [-0.4, -0.2) is 30.6 Å². The normalized spacial score (nSPS) is 10.9. The third kappa shape index (κ3) is 2.63. The highest BCUT2D eigenvalue weighted by Gasteiger charge is 2.13. The van der Waals surface area contributed by atoms with E-state index in [1.807, 2.05) is 13.0 Å². The van der Waals surface area contributed by atoms with Crippen LogP contribution in [-0.2, 0) is 0 Å². The smallest absolute Gasteiger partial charge is 0.256 e. The highest BCUT2D eigenvalue weighted by molar-refractivity contribution is 7.18. The Kier molecular flexibility index (Phi) is 3.51. The molecule has 4 rings (SSSR count). The molecule has 0 aliphatic carbocycles. The Balaban J connectivity index is 1.63. The number of amides is 1. The monoisotopic (exact) mass is 336 g/mol. The van der Waals surface area contributed by atoms with E-state index >= 15 is 0 Å². The number of aromatic nitrogens is 5. The van der Waals surface area contributed by atoms with Gasteiger partial charge in [-0.1, -0.05) is 0 Å². The standard InChI is InChI=1S/C16H12N6OS/c1-10-20-12-9-11(3-4-13(12)24-10)15(23)21-14-5-8-19-22(14)16-17-6-2-7-18-16/h2-9H,1H3,(H,21,23). The second-order valence-corrected chi connectivity index (χ2v) is 6.28. The summed E-state index contributed by atoms with van der Waals surface area (Å²) < 4.78 is 2.54. The summed E-state index contributed by atoms with van der Waals surface area (Å²) in [5, 5.41) is 7.96. The van der Waals surface area contributed by atoms with E-state index in [9.17, 15) is 4.79 Å². The summed E-state index contributed by atoms with van der Waals surface area (Å²) in [6.07, 6.45) is 4.82. The molecule has 1 aromatic carbocycles. The summed E-state index contributed by atoms with van der Waals surface area (Å²) >= 11 is 1.60. The largest absolute Gasteiger partial charge is 0.306 e. The molecule has 3 aromatic heterocycles. The number of thiazole rings is 1. The van der Waals surface area contributed by atoms with Crippen molar-refractivity contribution in [1.29, 1.82) is 0 Å². The van der Waals surface area contributed by atoms with Crippen molar-refractivity contribution in [2.45, 2.75) is 6.92 Å². The quantitative estimate of drug-likeness (QED) is 0.622. The lowest BCUT2D eigenvalue weighted by molar-refractivity contribution is 0.102. The van der Waals surface area contributed by atoms with E-state index in [-0.39, 0.29) is 5.91 Å². The lowest BCUT2D eigenvalue weighted by Crippen LogP contribution is -2.16. The summed E-state index contributed by atoms with van der Waals surface area (Å²) in [5.41, 5.74) is 1.36. The number of hydrogen-bond acceptors (Lipinski definition) is 6. The summed E-state index contributed by atoms with van der Waals surface area (Å²) in [7, 11) is 0. The topological polar surface area (TPSA) is 85.6 Å². The number of benzene rings is 1. The number of carbonyl (C=O) groups is 1. The predicted octanol–water partition coefficient (Wildman–Crippen LogP) is 2.83. The minimum atomic E-state index is -0.236. The van der Waals surface area contributed by atoms with Gasteiger partial charge in [0.15, 0.2) is 0 Å². The summed E-state index contributed by atoms with van der Waals surface area (Å²) in [4.78, 5) is 25.2. The molecule has 0 saturated carbocycles. The number of anilines is 1. The third-order valence-electron chi connectivity index (χ3n) is 3.38. The fraction of sp³-hybridized carbons (Fsp3) is 0.0625. The van der Waals surface area contributed by atoms with Crippen LogP contribution in [0.15, 0.2) is 48.9 Å². The van der Waals surface area contributed by atoms with Crippen LogP contribution in [0.2, 0.25) is 0 Å². The molecule has 0 atom stereocenters. The van der Waals surface area contributed by atoms with Crippen molar-refractivity contribution < 1.29 is 4.79 Å². The SMILES string of the molecule is Cc1nc2cc(C(=O)Nc3ccnn3-c3ncccn3)ccc2s1. The molecule has 3 heterocycles. The molecule has 7 nitrogen and oxygen atoms in total. The number of carbonyl (C=O) groups excluding carboxylic acids is 1. The molecule has 0 spiro atoms. The minimum Gasteiger partial charge on any atom is -0.306 e. The second-order valence-electron chi connectivity index (χ2n) is 5.05. The maximum absolute atomic E-state index is 12.5. The fourth-order valence-electron chi connectivity index (χ4n) is 2.33. The van der Waals surface area contributed by atoms with Gasteiger partial charge < -0.3 is 5.32 Å². The van der Waals surface area contributed by atoms with Crippen LogP contribution in [0.25, 0.3) is 16.2 Å². The van der Waals surface area contributed by atoms with Crippen molar-refractivity contribution >= 4 is 33.3 Å². The molecule has 24 heavy (non-hydrogen) atoms. The van der Waals surface area contributed by atoms with Gasteiger partial charge >= 0.3 is 0 Å². The highest BCUT2D eigenvalue weighted by atomic mass is 32.1. The molecule has 0 unspecified atom stereocenters. The van der Waals surface area contributed by atoms with Crippen molar-refractivity contribution in [1.82, 2.24) is 24.7 Å². The van der Waals surface area contributed by atoms with Crippen LogP contribution >= 0.6 is 11.3 Å². The first-order chi connectivity index (χ1) is 11.7. The van der Waals surface area contributed by atoms with Crippen LogP contribution in [0.1, 0.15) is 15.4 Å². The van der Waals surface area contributed by atoms with Crippen LogP contribution in [0.4, 0.5) is 5.82 Å². The molecule has 0 aliphatic rings. The van der Waals surface area contributed by atoms with E-state index in [1.165, 1.54) is 4.68 Å². The van der Waals surface area contributed by atoms with Gasteiger partial charge in [-0.25, -0.2) is 15.0 Å². The zero-order valence-corrected chi connectivity index (χ0v) is 13.5. The minimum absolute atomic E-state index is 0.236. The zero-order valence-electron chi connectivity index (χ0n) is 12.7. The number of rotatable bonds is 3. The highest BCUT2D eigenvalue weighted by Crippen LogP contribution is 2.23. The second kappa shape index (κ2) is 5.82. The van der Waals surface area contributed by atoms with E-state index in [0.717, 1.165) is 15.2 Å². The summed E-state index contributed by atoms with van der Waals surface area (Å²) in [5.74, 6) is 0.657. The zero-order chi connectivity index (χ0) is 16.5. The van der Waals surface area contributed by atoms with Gasteiger partial charge in [0.05, 0.1) is 21.4 Å². The maximum Gasteiger partial charge on any atom is 0.256 e. The number of nitrogens with zero attached hydrogens (tertiary/aromatic N) is 5. The Labute approximate surface area is 141 Å². The van der Waals surface area contributed by atoms with Crippen LogP contribution in [0.5, 0.6) is 0 Å². The molecule has 0 radical (unpaired) electrons.